The minimum absolute atomic E-state index is 0.0150. The lowest BCUT2D eigenvalue weighted by Gasteiger charge is -2.34. The molecule has 0 N–H and O–H groups in total. The number of nitrogens with zero attached hydrogens (tertiary/aromatic N) is 7. The molecule has 0 amide bonds. The van der Waals surface area contributed by atoms with Crippen LogP contribution >= 0.6 is 0 Å². The first kappa shape index (κ1) is 21.7. The number of rotatable bonds is 5. The van der Waals surface area contributed by atoms with E-state index in [4.69, 9.17) is 4.74 Å². The Morgan fingerprint density at radius 2 is 1.91 bits per heavy atom. The molecule has 10 heteroatoms. The molecule has 1 atom stereocenters. The van der Waals surface area contributed by atoms with Gasteiger partial charge in [0.25, 0.3) is 0 Å². The zero-order valence-electron chi connectivity index (χ0n) is 19.0. The second kappa shape index (κ2) is 8.69. The number of aromatic nitrogens is 6. The molecule has 1 aliphatic heterocycles. The number of benzene rings is 1. The average molecular weight is 463 g/mol. The largest absolute Gasteiger partial charge is 0.479 e. The maximum atomic E-state index is 14.5. The van der Waals surface area contributed by atoms with E-state index >= 15 is 0 Å². The van der Waals surface area contributed by atoms with Crippen molar-refractivity contribution in [2.75, 3.05) is 12.0 Å². The quantitative estimate of drug-likeness (QED) is 0.432. The van der Waals surface area contributed by atoms with Crippen LogP contribution in [0.15, 0.2) is 42.9 Å². The van der Waals surface area contributed by atoms with E-state index in [1.807, 2.05) is 36.7 Å². The van der Waals surface area contributed by atoms with E-state index in [2.05, 4.69) is 20.1 Å². The summed E-state index contributed by atoms with van der Waals surface area (Å²) in [5.74, 6) is 0.188. The van der Waals surface area contributed by atoms with Crippen molar-refractivity contribution in [3.8, 4) is 11.6 Å². The van der Waals surface area contributed by atoms with Crippen molar-refractivity contribution in [3.63, 3.8) is 0 Å². The topological polar surface area (TPSA) is 73.9 Å². The number of ether oxygens (including phenoxy) is 1. The summed E-state index contributed by atoms with van der Waals surface area (Å²) in [4.78, 5) is 15.2. The number of hydrogen-bond acceptors (Lipinski definition) is 6. The Kier molecular flexibility index (Phi) is 5.56. The molecule has 0 saturated heterocycles. The third-order valence-electron chi connectivity index (χ3n) is 5.70. The van der Waals surface area contributed by atoms with Crippen molar-refractivity contribution in [2.24, 2.45) is 0 Å². The first-order chi connectivity index (χ1) is 16.4. The number of hydrogen-bond donors (Lipinski definition) is 0. The van der Waals surface area contributed by atoms with Crippen LogP contribution in [0, 0.1) is 18.6 Å². The molecule has 0 saturated carbocycles. The number of fused-ring (bicyclic) bond motifs is 1. The van der Waals surface area contributed by atoms with Gasteiger partial charge in [-0.3, -0.25) is 0 Å². The number of aryl methyl sites for hydroxylation is 2. The fraction of sp³-hybridized carbons (Fsp3) is 0.250. The molecule has 5 rings (SSSR count). The second-order valence-corrected chi connectivity index (χ2v) is 8.12. The monoisotopic (exact) mass is 463 g/mol. The Labute approximate surface area is 195 Å². The molecule has 3 aromatic heterocycles. The van der Waals surface area contributed by atoms with Gasteiger partial charge in [0.1, 0.15) is 17.3 Å². The normalized spacial score (nSPS) is 15.7. The first-order valence-electron chi connectivity index (χ1n) is 10.9. The number of imidazole rings is 1. The van der Waals surface area contributed by atoms with E-state index in [1.54, 1.807) is 35.2 Å². The average Bonchev–Trinajstić information content (AvgIpc) is 3.44. The van der Waals surface area contributed by atoms with Crippen molar-refractivity contribution in [2.45, 2.75) is 32.9 Å². The third-order valence-corrected chi connectivity index (χ3v) is 5.70. The van der Waals surface area contributed by atoms with Crippen molar-refractivity contribution >= 4 is 23.8 Å². The van der Waals surface area contributed by atoms with Gasteiger partial charge in [-0.15, -0.1) is 5.10 Å². The molecule has 1 aliphatic rings. The highest BCUT2D eigenvalue weighted by Gasteiger charge is 2.29. The summed E-state index contributed by atoms with van der Waals surface area (Å²) in [7, 11) is 1.57. The molecular formula is C24H23F2N7O. The molecule has 8 nitrogen and oxygen atoms in total. The number of methoxy groups -OCH3 is 1. The van der Waals surface area contributed by atoms with Crippen LogP contribution in [0.3, 0.4) is 0 Å². The van der Waals surface area contributed by atoms with E-state index in [9.17, 15) is 8.78 Å². The maximum absolute atomic E-state index is 14.5. The van der Waals surface area contributed by atoms with Gasteiger partial charge in [-0.25, -0.2) is 23.4 Å². The van der Waals surface area contributed by atoms with Crippen LogP contribution in [0.2, 0.25) is 0 Å². The van der Waals surface area contributed by atoms with E-state index in [1.165, 1.54) is 12.1 Å². The molecule has 0 radical (unpaired) electrons. The second-order valence-electron chi connectivity index (χ2n) is 8.12. The Bertz CT molecular complexity index is 1380. The van der Waals surface area contributed by atoms with Gasteiger partial charge < -0.3 is 14.2 Å². The van der Waals surface area contributed by atoms with Crippen LogP contribution in [0.25, 0.3) is 17.8 Å². The summed E-state index contributed by atoms with van der Waals surface area (Å²) in [5, 5.41) is 4.54. The van der Waals surface area contributed by atoms with E-state index in [0.717, 1.165) is 23.9 Å². The number of anilines is 2. The summed E-state index contributed by atoms with van der Waals surface area (Å²) in [5.41, 5.74) is 2.61. The maximum Gasteiger partial charge on any atom is 0.238 e. The molecule has 34 heavy (non-hydrogen) atoms. The Morgan fingerprint density at radius 1 is 1.09 bits per heavy atom. The van der Waals surface area contributed by atoms with Crippen molar-refractivity contribution in [1.29, 1.82) is 0 Å². The highest BCUT2D eigenvalue weighted by atomic mass is 19.1. The molecule has 4 aromatic rings. The van der Waals surface area contributed by atoms with Crippen LogP contribution < -0.4 is 9.64 Å². The highest BCUT2D eigenvalue weighted by Crippen LogP contribution is 2.34. The molecule has 1 unspecified atom stereocenters. The first-order valence-corrected chi connectivity index (χ1v) is 10.9. The van der Waals surface area contributed by atoms with Crippen LogP contribution in [-0.4, -0.2) is 42.5 Å². The van der Waals surface area contributed by atoms with Crippen LogP contribution in [0.4, 0.5) is 20.4 Å². The van der Waals surface area contributed by atoms with Crippen LogP contribution in [0.5, 0.6) is 5.88 Å². The van der Waals surface area contributed by atoms with E-state index < -0.39 is 11.6 Å². The summed E-state index contributed by atoms with van der Waals surface area (Å²) in [6.07, 6.45) is 7.90. The van der Waals surface area contributed by atoms with Crippen LogP contribution in [-0.2, 0) is 6.54 Å². The molecular weight excluding hydrogens is 440 g/mol. The molecule has 0 spiro atoms. The molecule has 4 heterocycles. The van der Waals surface area contributed by atoms with Crippen molar-refractivity contribution in [3.05, 3.63) is 71.7 Å². The van der Waals surface area contributed by atoms with Gasteiger partial charge in [-0.2, -0.15) is 4.98 Å². The Hall–Kier alpha value is -4.08. The lowest BCUT2D eigenvalue weighted by atomic mass is 10.1. The van der Waals surface area contributed by atoms with Gasteiger partial charge in [0.15, 0.2) is 5.82 Å². The predicted molar refractivity (Wildman–Crippen MR) is 124 cm³/mol. The smallest absolute Gasteiger partial charge is 0.238 e. The van der Waals surface area contributed by atoms with Gasteiger partial charge in [0.2, 0.25) is 11.8 Å². The third kappa shape index (κ3) is 4.02. The summed E-state index contributed by atoms with van der Waals surface area (Å²) < 4.78 is 37.0. The fourth-order valence-corrected chi connectivity index (χ4v) is 4.01. The Balaban J connectivity index is 1.44. The fourth-order valence-electron chi connectivity index (χ4n) is 4.01. The van der Waals surface area contributed by atoms with Gasteiger partial charge in [0, 0.05) is 24.8 Å². The molecule has 0 fully saturated rings. The van der Waals surface area contributed by atoms with Gasteiger partial charge >= 0.3 is 0 Å². The highest BCUT2D eigenvalue weighted by molar-refractivity contribution is 5.67. The van der Waals surface area contributed by atoms with E-state index in [0.29, 0.717) is 29.9 Å². The predicted octanol–water partition coefficient (Wildman–Crippen LogP) is 4.55. The minimum atomic E-state index is -0.634. The standard InChI is InChI=1S/C24H23F2N7O/c1-15-13-31(14-27-15)21-8-5-18(28-23(21)34-3)6-9-22-29-24-32(30-22)11-10-16(2)33(24)20-7-4-17(25)12-19(20)26/h4-9,12-14,16H,10-11H2,1-3H3. The summed E-state index contributed by atoms with van der Waals surface area (Å²) >= 11 is 0. The summed E-state index contributed by atoms with van der Waals surface area (Å²) in [6, 6.07) is 7.31. The zero-order valence-corrected chi connectivity index (χ0v) is 19.0. The molecule has 174 valence electrons. The molecule has 1 aromatic carbocycles. The van der Waals surface area contributed by atoms with Crippen molar-refractivity contribution < 1.29 is 13.5 Å². The minimum Gasteiger partial charge on any atom is -0.479 e. The van der Waals surface area contributed by atoms with Gasteiger partial charge in [0.05, 0.1) is 30.5 Å². The SMILES string of the molecule is COc1nc(C=Cc2nc3n(n2)CCC(C)N3c2ccc(F)cc2F)ccc1-n1cnc(C)c1. The van der Waals surface area contributed by atoms with Crippen molar-refractivity contribution in [1.82, 2.24) is 29.3 Å². The zero-order chi connectivity index (χ0) is 23.8. The van der Waals surface area contributed by atoms with Crippen LogP contribution in [0.1, 0.15) is 30.6 Å². The lowest BCUT2D eigenvalue weighted by Crippen LogP contribution is -2.36. The van der Waals surface area contributed by atoms with Gasteiger partial charge in [-0.05, 0) is 56.7 Å². The van der Waals surface area contributed by atoms with E-state index in [-0.39, 0.29) is 11.7 Å². The lowest BCUT2D eigenvalue weighted by molar-refractivity contribution is 0.395. The summed E-state index contributed by atoms with van der Waals surface area (Å²) in [6.45, 7) is 4.55. The Morgan fingerprint density at radius 3 is 2.65 bits per heavy atom. The molecule has 0 aliphatic carbocycles. The van der Waals surface area contributed by atoms with Gasteiger partial charge in [-0.1, -0.05) is 0 Å². The number of halogens is 2. The molecule has 0 bridgehead atoms. The number of pyridine rings is 1.